The van der Waals surface area contributed by atoms with Crippen LogP contribution in [0.1, 0.15) is 35.8 Å². The van der Waals surface area contributed by atoms with Crippen LogP contribution in [0.2, 0.25) is 0 Å². The molecular weight excluding hydrogens is 322 g/mol. The molecule has 0 atom stereocenters. The molecule has 0 spiro atoms. The van der Waals surface area contributed by atoms with Gasteiger partial charge in [0.25, 0.3) is 5.91 Å². The standard InChI is InChI=1S/C18H17N3O2S/c1-10(2)11-4-5-12-16(8-11)24-18(19-12)20-17(22)14-9-15-13(21(14)3)6-7-23-15/h4-10H,1-3H3,(H,19,20,22). The molecule has 3 heterocycles. The number of nitrogens with zero attached hydrogens (tertiary/aromatic N) is 2. The van der Waals surface area contributed by atoms with Gasteiger partial charge in [-0.15, -0.1) is 0 Å². The van der Waals surface area contributed by atoms with Crippen LogP contribution in [0.3, 0.4) is 0 Å². The third kappa shape index (κ3) is 2.39. The van der Waals surface area contributed by atoms with E-state index in [2.05, 4.69) is 36.3 Å². The second kappa shape index (κ2) is 5.49. The summed E-state index contributed by atoms with van der Waals surface area (Å²) in [5, 5.41) is 3.50. The number of rotatable bonds is 3. The molecule has 1 aromatic carbocycles. The van der Waals surface area contributed by atoms with Gasteiger partial charge in [0.2, 0.25) is 0 Å². The van der Waals surface area contributed by atoms with Gasteiger partial charge in [0.1, 0.15) is 5.69 Å². The molecule has 4 aromatic rings. The summed E-state index contributed by atoms with van der Waals surface area (Å²) in [6, 6.07) is 9.82. The number of carbonyl (C=O) groups excluding carboxylic acids is 1. The summed E-state index contributed by atoms with van der Waals surface area (Å²) in [7, 11) is 1.85. The summed E-state index contributed by atoms with van der Waals surface area (Å²) in [5.41, 5.74) is 4.32. The van der Waals surface area contributed by atoms with Gasteiger partial charge in [-0.2, -0.15) is 0 Å². The lowest BCUT2D eigenvalue weighted by Gasteiger charge is -2.03. The van der Waals surface area contributed by atoms with Crippen LogP contribution in [0.4, 0.5) is 5.13 Å². The maximum absolute atomic E-state index is 12.5. The predicted molar refractivity (Wildman–Crippen MR) is 96.8 cm³/mol. The predicted octanol–water partition coefficient (Wildman–Crippen LogP) is 4.76. The fraction of sp³-hybridized carbons (Fsp3) is 0.222. The van der Waals surface area contributed by atoms with E-state index in [1.807, 2.05) is 23.7 Å². The molecule has 4 rings (SSSR count). The van der Waals surface area contributed by atoms with Gasteiger partial charge in [-0.3, -0.25) is 10.1 Å². The molecule has 24 heavy (non-hydrogen) atoms. The Hall–Kier alpha value is -2.60. The van der Waals surface area contributed by atoms with Crippen molar-refractivity contribution in [3.05, 3.63) is 47.9 Å². The number of fused-ring (bicyclic) bond motifs is 2. The maximum Gasteiger partial charge on any atom is 0.274 e. The van der Waals surface area contributed by atoms with Crippen LogP contribution in [-0.4, -0.2) is 15.5 Å². The molecule has 5 nitrogen and oxygen atoms in total. The van der Waals surface area contributed by atoms with Crippen molar-refractivity contribution in [1.82, 2.24) is 9.55 Å². The Morgan fingerprint density at radius 1 is 1.29 bits per heavy atom. The van der Waals surface area contributed by atoms with E-state index in [0.29, 0.717) is 22.3 Å². The zero-order valence-corrected chi connectivity index (χ0v) is 14.5. The van der Waals surface area contributed by atoms with Crippen molar-refractivity contribution in [2.75, 3.05) is 5.32 Å². The first-order valence-electron chi connectivity index (χ1n) is 7.77. The smallest absolute Gasteiger partial charge is 0.274 e. The minimum Gasteiger partial charge on any atom is -0.463 e. The van der Waals surface area contributed by atoms with Gasteiger partial charge in [0, 0.05) is 19.2 Å². The molecule has 0 unspecified atom stereocenters. The van der Waals surface area contributed by atoms with Gasteiger partial charge in [0.15, 0.2) is 10.7 Å². The Labute approximate surface area is 142 Å². The second-order valence-electron chi connectivity index (χ2n) is 6.11. The van der Waals surface area contributed by atoms with Crippen LogP contribution in [-0.2, 0) is 7.05 Å². The average Bonchev–Trinajstić information content (AvgIpc) is 3.22. The highest BCUT2D eigenvalue weighted by atomic mass is 32.1. The molecule has 0 radical (unpaired) electrons. The van der Waals surface area contributed by atoms with Gasteiger partial charge in [-0.25, -0.2) is 4.98 Å². The third-order valence-electron chi connectivity index (χ3n) is 4.20. The molecule has 0 aliphatic rings. The number of carbonyl (C=O) groups is 1. The van der Waals surface area contributed by atoms with E-state index in [4.69, 9.17) is 4.42 Å². The number of nitrogens with one attached hydrogen (secondary N) is 1. The summed E-state index contributed by atoms with van der Waals surface area (Å²) in [6.07, 6.45) is 1.62. The minimum atomic E-state index is -0.188. The average molecular weight is 339 g/mol. The van der Waals surface area contributed by atoms with E-state index >= 15 is 0 Å². The van der Waals surface area contributed by atoms with Crippen molar-refractivity contribution >= 4 is 43.7 Å². The van der Waals surface area contributed by atoms with E-state index in [1.165, 1.54) is 16.9 Å². The van der Waals surface area contributed by atoms with E-state index in [-0.39, 0.29) is 5.91 Å². The number of hydrogen-bond donors (Lipinski definition) is 1. The number of aromatic nitrogens is 2. The summed E-state index contributed by atoms with van der Waals surface area (Å²) < 4.78 is 8.25. The molecule has 1 amide bonds. The monoisotopic (exact) mass is 339 g/mol. The third-order valence-corrected chi connectivity index (χ3v) is 5.13. The Kier molecular flexibility index (Phi) is 3.42. The first kappa shape index (κ1) is 15.0. The number of furan rings is 1. The lowest BCUT2D eigenvalue weighted by molar-refractivity contribution is 0.101. The van der Waals surface area contributed by atoms with E-state index < -0.39 is 0 Å². The summed E-state index contributed by atoms with van der Waals surface area (Å²) in [6.45, 7) is 4.33. The van der Waals surface area contributed by atoms with Crippen molar-refractivity contribution in [3.8, 4) is 0 Å². The highest BCUT2D eigenvalue weighted by Crippen LogP contribution is 2.29. The largest absolute Gasteiger partial charge is 0.463 e. The number of anilines is 1. The zero-order chi connectivity index (χ0) is 16.8. The minimum absolute atomic E-state index is 0.188. The highest BCUT2D eigenvalue weighted by Gasteiger charge is 2.17. The van der Waals surface area contributed by atoms with Crippen molar-refractivity contribution in [2.45, 2.75) is 19.8 Å². The van der Waals surface area contributed by atoms with Crippen molar-refractivity contribution < 1.29 is 9.21 Å². The SMILES string of the molecule is CC(C)c1ccc2nc(NC(=O)c3cc4occc4n3C)sc2c1. The van der Waals surface area contributed by atoms with Crippen LogP contribution in [0.5, 0.6) is 0 Å². The molecule has 0 fully saturated rings. The molecule has 122 valence electrons. The molecule has 0 bridgehead atoms. The van der Waals surface area contributed by atoms with E-state index in [9.17, 15) is 4.79 Å². The zero-order valence-electron chi connectivity index (χ0n) is 13.7. The number of amides is 1. The van der Waals surface area contributed by atoms with Crippen LogP contribution in [0, 0.1) is 0 Å². The number of aryl methyl sites for hydroxylation is 1. The molecule has 0 saturated carbocycles. The molecule has 6 heteroatoms. The fourth-order valence-corrected chi connectivity index (χ4v) is 3.69. The van der Waals surface area contributed by atoms with Crippen LogP contribution < -0.4 is 5.32 Å². The first-order chi connectivity index (χ1) is 11.5. The summed E-state index contributed by atoms with van der Waals surface area (Å²) in [4.78, 5) is 17.1. The van der Waals surface area contributed by atoms with Crippen LogP contribution in [0.15, 0.2) is 41.0 Å². The quantitative estimate of drug-likeness (QED) is 0.585. The Morgan fingerprint density at radius 2 is 2.12 bits per heavy atom. The van der Waals surface area contributed by atoms with Crippen molar-refractivity contribution in [3.63, 3.8) is 0 Å². The first-order valence-corrected chi connectivity index (χ1v) is 8.59. The van der Waals surface area contributed by atoms with Crippen LogP contribution in [0.25, 0.3) is 21.3 Å². The summed E-state index contributed by atoms with van der Waals surface area (Å²) >= 11 is 1.49. The lowest BCUT2D eigenvalue weighted by Crippen LogP contribution is -2.15. The van der Waals surface area contributed by atoms with Crippen molar-refractivity contribution in [2.24, 2.45) is 7.05 Å². The Morgan fingerprint density at radius 3 is 2.88 bits per heavy atom. The van der Waals surface area contributed by atoms with Gasteiger partial charge >= 0.3 is 0 Å². The van der Waals surface area contributed by atoms with Crippen molar-refractivity contribution in [1.29, 1.82) is 0 Å². The topological polar surface area (TPSA) is 60.1 Å². The number of hydrogen-bond acceptors (Lipinski definition) is 4. The highest BCUT2D eigenvalue weighted by molar-refractivity contribution is 7.22. The van der Waals surface area contributed by atoms with Gasteiger partial charge < -0.3 is 8.98 Å². The van der Waals surface area contributed by atoms with Gasteiger partial charge in [-0.1, -0.05) is 31.3 Å². The number of benzene rings is 1. The van der Waals surface area contributed by atoms with E-state index in [1.54, 1.807) is 12.3 Å². The molecule has 0 aliphatic carbocycles. The number of thiazole rings is 1. The second-order valence-corrected chi connectivity index (χ2v) is 7.14. The molecule has 0 saturated heterocycles. The van der Waals surface area contributed by atoms with Crippen LogP contribution >= 0.6 is 11.3 Å². The normalized spacial score (nSPS) is 11.7. The van der Waals surface area contributed by atoms with E-state index in [0.717, 1.165) is 15.7 Å². The molecule has 1 N–H and O–H groups in total. The Balaban J connectivity index is 1.64. The Bertz CT molecular complexity index is 1050. The summed E-state index contributed by atoms with van der Waals surface area (Å²) in [5.74, 6) is 0.278. The molecular formula is C18H17N3O2S. The van der Waals surface area contributed by atoms with Gasteiger partial charge in [-0.05, 0) is 23.6 Å². The maximum atomic E-state index is 12.5. The van der Waals surface area contributed by atoms with Gasteiger partial charge in [0.05, 0.1) is 22.0 Å². The molecule has 0 aliphatic heterocycles. The fourth-order valence-electron chi connectivity index (χ4n) is 2.78. The molecule has 3 aromatic heterocycles. The lowest BCUT2D eigenvalue weighted by atomic mass is 10.0.